The van der Waals surface area contributed by atoms with Crippen LogP contribution in [-0.4, -0.2) is 42.3 Å². The molecule has 0 saturated carbocycles. The largest absolute Gasteiger partial charge is 0.342 e. The van der Waals surface area contributed by atoms with Crippen LogP contribution in [-0.2, 0) is 18.4 Å². The van der Waals surface area contributed by atoms with E-state index in [1.165, 1.54) is 0 Å². The van der Waals surface area contributed by atoms with Crippen molar-refractivity contribution in [2.75, 3.05) is 19.3 Å². The summed E-state index contributed by atoms with van der Waals surface area (Å²) in [7, 11) is -3.31. The average molecular weight is 263 g/mol. The minimum atomic E-state index is -3.31. The molecule has 0 aromatic heterocycles. The molecule has 100 valence electrons. The van der Waals surface area contributed by atoms with Crippen LogP contribution in [0.4, 0.5) is 0 Å². The SMILES string of the molecule is CC(C)OP(=O)(CC(=O)N1CCC1)OC(C)C. The van der Waals surface area contributed by atoms with Gasteiger partial charge in [0.25, 0.3) is 0 Å². The Morgan fingerprint density at radius 2 is 1.65 bits per heavy atom. The van der Waals surface area contributed by atoms with E-state index in [1.54, 1.807) is 32.6 Å². The molecule has 1 heterocycles. The Kier molecular flexibility index (Phi) is 5.17. The Bertz CT molecular complexity index is 299. The van der Waals surface area contributed by atoms with Crippen molar-refractivity contribution in [1.29, 1.82) is 0 Å². The highest BCUT2D eigenvalue weighted by molar-refractivity contribution is 7.54. The van der Waals surface area contributed by atoms with Gasteiger partial charge in [0.15, 0.2) is 0 Å². The number of likely N-dealkylation sites (tertiary alicyclic amines) is 1. The molecular weight excluding hydrogens is 241 g/mol. The lowest BCUT2D eigenvalue weighted by Gasteiger charge is -2.32. The summed E-state index contributed by atoms with van der Waals surface area (Å²) >= 11 is 0. The minimum Gasteiger partial charge on any atom is -0.342 e. The molecule has 1 aliphatic heterocycles. The molecule has 5 nitrogen and oxygen atoms in total. The van der Waals surface area contributed by atoms with E-state index in [0.717, 1.165) is 19.5 Å². The quantitative estimate of drug-likeness (QED) is 0.690. The number of nitrogens with zero attached hydrogens (tertiary/aromatic N) is 1. The van der Waals surface area contributed by atoms with E-state index in [9.17, 15) is 9.36 Å². The summed E-state index contributed by atoms with van der Waals surface area (Å²) in [6.07, 6.45) is 0.433. The zero-order chi connectivity index (χ0) is 13.1. The fourth-order valence-corrected chi connectivity index (χ4v) is 3.59. The van der Waals surface area contributed by atoms with Crippen LogP contribution in [0.5, 0.6) is 0 Å². The van der Waals surface area contributed by atoms with Crippen molar-refractivity contribution in [1.82, 2.24) is 4.90 Å². The maximum absolute atomic E-state index is 12.4. The second-order valence-electron chi connectivity index (χ2n) is 4.81. The van der Waals surface area contributed by atoms with Gasteiger partial charge in [-0.05, 0) is 34.1 Å². The molecule has 0 aliphatic carbocycles. The molecule has 1 saturated heterocycles. The minimum absolute atomic E-state index is 0.138. The van der Waals surface area contributed by atoms with Crippen molar-refractivity contribution >= 4 is 13.5 Å². The molecule has 0 radical (unpaired) electrons. The van der Waals surface area contributed by atoms with E-state index in [1.807, 2.05) is 0 Å². The van der Waals surface area contributed by atoms with Gasteiger partial charge in [-0.3, -0.25) is 9.36 Å². The molecule has 0 N–H and O–H groups in total. The van der Waals surface area contributed by atoms with Crippen LogP contribution in [0.2, 0.25) is 0 Å². The number of carbonyl (C=O) groups is 1. The molecule has 0 aromatic carbocycles. The van der Waals surface area contributed by atoms with E-state index in [2.05, 4.69) is 0 Å². The first-order chi connectivity index (χ1) is 7.82. The summed E-state index contributed by atoms with van der Waals surface area (Å²) in [5.41, 5.74) is 0. The third-order valence-corrected chi connectivity index (χ3v) is 4.42. The van der Waals surface area contributed by atoms with Crippen LogP contribution in [0, 0.1) is 0 Å². The van der Waals surface area contributed by atoms with Crippen LogP contribution in [0.3, 0.4) is 0 Å². The molecule has 6 heteroatoms. The number of carbonyl (C=O) groups excluding carboxylic acids is 1. The van der Waals surface area contributed by atoms with Crippen molar-refractivity contribution in [3.8, 4) is 0 Å². The first-order valence-corrected chi connectivity index (χ1v) is 7.79. The Morgan fingerprint density at radius 1 is 1.18 bits per heavy atom. The van der Waals surface area contributed by atoms with Gasteiger partial charge in [-0.1, -0.05) is 0 Å². The lowest BCUT2D eigenvalue weighted by Crippen LogP contribution is -2.43. The molecule has 17 heavy (non-hydrogen) atoms. The van der Waals surface area contributed by atoms with Crippen molar-refractivity contribution in [3.63, 3.8) is 0 Å². The van der Waals surface area contributed by atoms with Gasteiger partial charge in [-0.25, -0.2) is 0 Å². The Hall–Kier alpha value is -0.380. The van der Waals surface area contributed by atoms with Gasteiger partial charge < -0.3 is 13.9 Å². The number of hydrogen-bond acceptors (Lipinski definition) is 4. The van der Waals surface area contributed by atoms with Gasteiger partial charge in [0.05, 0.1) is 12.2 Å². The third kappa shape index (κ3) is 4.78. The summed E-state index contributed by atoms with van der Waals surface area (Å²) in [5.74, 6) is -0.138. The first-order valence-electron chi connectivity index (χ1n) is 6.06. The molecule has 1 rings (SSSR count). The van der Waals surface area contributed by atoms with Crippen LogP contribution in [0.15, 0.2) is 0 Å². The summed E-state index contributed by atoms with van der Waals surface area (Å²) in [6, 6.07) is 0. The normalized spacial score (nSPS) is 16.5. The predicted octanol–water partition coefficient (Wildman–Crippen LogP) is 2.26. The van der Waals surface area contributed by atoms with E-state index >= 15 is 0 Å². The first kappa shape index (κ1) is 14.7. The van der Waals surface area contributed by atoms with Crippen LogP contribution >= 0.6 is 7.60 Å². The Balaban J connectivity index is 2.61. The highest BCUT2D eigenvalue weighted by atomic mass is 31.2. The van der Waals surface area contributed by atoms with E-state index in [4.69, 9.17) is 9.05 Å². The third-order valence-electron chi connectivity index (χ3n) is 2.28. The zero-order valence-electron chi connectivity index (χ0n) is 11.0. The highest BCUT2D eigenvalue weighted by Gasteiger charge is 2.34. The smallest absolute Gasteiger partial charge is 0.340 e. The second kappa shape index (κ2) is 5.98. The van der Waals surface area contributed by atoms with Crippen molar-refractivity contribution in [2.45, 2.75) is 46.3 Å². The Morgan fingerprint density at radius 3 is 1.94 bits per heavy atom. The summed E-state index contributed by atoms with van der Waals surface area (Å²) < 4.78 is 23.0. The van der Waals surface area contributed by atoms with Gasteiger partial charge in [0.2, 0.25) is 5.91 Å². The molecule has 0 spiro atoms. The lowest BCUT2D eigenvalue weighted by atomic mass is 10.2. The molecule has 0 unspecified atom stereocenters. The van der Waals surface area contributed by atoms with E-state index in [-0.39, 0.29) is 24.3 Å². The maximum atomic E-state index is 12.4. The molecule has 1 aliphatic rings. The van der Waals surface area contributed by atoms with E-state index in [0.29, 0.717) is 0 Å². The molecule has 1 fully saturated rings. The van der Waals surface area contributed by atoms with Crippen molar-refractivity contribution < 1.29 is 18.4 Å². The van der Waals surface area contributed by atoms with Gasteiger partial charge in [-0.2, -0.15) is 0 Å². The van der Waals surface area contributed by atoms with Crippen LogP contribution in [0.25, 0.3) is 0 Å². The summed E-state index contributed by atoms with van der Waals surface area (Å²) in [6.45, 7) is 8.63. The standard InChI is InChI=1S/C11H22NO4P/c1-9(2)15-17(14,16-10(3)4)8-11(13)12-6-5-7-12/h9-10H,5-8H2,1-4H3. The topological polar surface area (TPSA) is 55.8 Å². The molecule has 0 atom stereocenters. The van der Waals surface area contributed by atoms with E-state index < -0.39 is 7.60 Å². The van der Waals surface area contributed by atoms with Crippen molar-refractivity contribution in [3.05, 3.63) is 0 Å². The fraction of sp³-hybridized carbons (Fsp3) is 0.909. The molecule has 1 amide bonds. The summed E-state index contributed by atoms with van der Waals surface area (Å²) in [4.78, 5) is 13.5. The predicted molar refractivity (Wildman–Crippen MR) is 66.1 cm³/mol. The number of amides is 1. The summed E-state index contributed by atoms with van der Waals surface area (Å²) in [5, 5.41) is 0. The van der Waals surface area contributed by atoms with Gasteiger partial charge in [0, 0.05) is 13.1 Å². The van der Waals surface area contributed by atoms with Crippen LogP contribution < -0.4 is 0 Å². The fourth-order valence-electron chi connectivity index (χ4n) is 1.57. The monoisotopic (exact) mass is 263 g/mol. The Labute approximate surface area is 103 Å². The molecular formula is C11H22NO4P. The highest BCUT2D eigenvalue weighted by Crippen LogP contribution is 2.50. The van der Waals surface area contributed by atoms with Gasteiger partial charge >= 0.3 is 7.60 Å². The van der Waals surface area contributed by atoms with Gasteiger partial charge in [-0.15, -0.1) is 0 Å². The maximum Gasteiger partial charge on any atom is 0.340 e. The average Bonchev–Trinajstić information content (AvgIpc) is 1.93. The second-order valence-corrected chi connectivity index (χ2v) is 6.77. The number of rotatable bonds is 6. The van der Waals surface area contributed by atoms with Gasteiger partial charge in [0.1, 0.15) is 6.16 Å². The van der Waals surface area contributed by atoms with Crippen molar-refractivity contribution in [2.24, 2.45) is 0 Å². The van der Waals surface area contributed by atoms with Crippen LogP contribution in [0.1, 0.15) is 34.1 Å². The molecule has 0 bridgehead atoms. The lowest BCUT2D eigenvalue weighted by molar-refractivity contribution is -0.132. The molecule has 0 aromatic rings. The zero-order valence-corrected chi connectivity index (χ0v) is 11.9. The number of hydrogen-bond donors (Lipinski definition) is 0.